The van der Waals surface area contributed by atoms with E-state index in [1.165, 1.54) is 11.1 Å². The van der Waals surface area contributed by atoms with Crippen LogP contribution in [0, 0.1) is 0 Å². The molecule has 104 valence electrons. The number of carbonyl (C=O) groups excluding carboxylic acids is 1. The number of hydrogen-bond donors (Lipinski definition) is 2. The summed E-state index contributed by atoms with van der Waals surface area (Å²) in [5.41, 5.74) is 2.42. The Labute approximate surface area is 119 Å². The number of carbonyl (C=O) groups is 1. The molecule has 3 nitrogen and oxygen atoms in total. The van der Waals surface area contributed by atoms with Crippen LogP contribution < -0.4 is 10.6 Å². The number of fused-ring (bicyclic) bond motifs is 1. The number of hydrogen-bond acceptors (Lipinski definition) is 3. The molecule has 0 radical (unpaired) electrons. The maximum atomic E-state index is 12.4. The van der Waals surface area contributed by atoms with Gasteiger partial charge in [-0.2, -0.15) is 11.8 Å². The molecule has 1 heterocycles. The van der Waals surface area contributed by atoms with Gasteiger partial charge in [0, 0.05) is 24.9 Å². The first-order valence-electron chi connectivity index (χ1n) is 6.84. The molecule has 1 aliphatic heterocycles. The van der Waals surface area contributed by atoms with Crippen molar-refractivity contribution in [1.82, 2.24) is 10.6 Å². The summed E-state index contributed by atoms with van der Waals surface area (Å²) in [6.45, 7) is 3.72. The van der Waals surface area contributed by atoms with Crippen molar-refractivity contribution in [1.29, 1.82) is 0 Å². The molecule has 4 heteroatoms. The Morgan fingerprint density at radius 2 is 2.32 bits per heavy atom. The Kier molecular flexibility index (Phi) is 5.28. The lowest BCUT2D eigenvalue weighted by atomic mass is 9.90. The molecule has 0 fully saturated rings. The third kappa shape index (κ3) is 3.51. The Morgan fingerprint density at radius 1 is 1.53 bits per heavy atom. The standard InChI is InChI=1S/C15H22N2OS/c1-3-12(10-19-2)17-15(18)14-9-16-8-11-6-4-5-7-13(11)14/h4-7,12,14,16H,3,8-10H2,1-2H3,(H,17,18). The van der Waals surface area contributed by atoms with Crippen LogP contribution in [0.25, 0.3) is 0 Å². The molecule has 2 unspecified atom stereocenters. The van der Waals surface area contributed by atoms with Crippen molar-refractivity contribution in [2.45, 2.75) is 31.8 Å². The van der Waals surface area contributed by atoms with Crippen LogP contribution in [0.5, 0.6) is 0 Å². The van der Waals surface area contributed by atoms with Gasteiger partial charge in [0.2, 0.25) is 5.91 Å². The van der Waals surface area contributed by atoms with E-state index >= 15 is 0 Å². The van der Waals surface area contributed by atoms with Gasteiger partial charge in [-0.3, -0.25) is 4.79 Å². The van der Waals surface area contributed by atoms with Gasteiger partial charge in [0.1, 0.15) is 0 Å². The summed E-state index contributed by atoms with van der Waals surface area (Å²) in [6.07, 6.45) is 3.06. The Hall–Kier alpha value is -1.00. The van der Waals surface area contributed by atoms with Crippen molar-refractivity contribution in [3.05, 3.63) is 35.4 Å². The second kappa shape index (κ2) is 6.96. The summed E-state index contributed by atoms with van der Waals surface area (Å²) in [6, 6.07) is 8.50. The molecule has 0 saturated carbocycles. The molecule has 2 rings (SSSR count). The topological polar surface area (TPSA) is 41.1 Å². The maximum absolute atomic E-state index is 12.4. The van der Waals surface area contributed by atoms with E-state index in [9.17, 15) is 4.79 Å². The lowest BCUT2D eigenvalue weighted by Crippen LogP contribution is -2.43. The Balaban J connectivity index is 2.08. The highest BCUT2D eigenvalue weighted by Gasteiger charge is 2.26. The zero-order valence-corrected chi connectivity index (χ0v) is 12.4. The van der Waals surface area contributed by atoms with Crippen LogP contribution in [-0.2, 0) is 11.3 Å². The van der Waals surface area contributed by atoms with E-state index in [0.29, 0.717) is 0 Å². The molecule has 0 aliphatic carbocycles. The highest BCUT2D eigenvalue weighted by Crippen LogP contribution is 2.24. The van der Waals surface area contributed by atoms with E-state index in [4.69, 9.17) is 0 Å². The smallest absolute Gasteiger partial charge is 0.229 e. The van der Waals surface area contributed by atoms with Crippen molar-refractivity contribution in [3.8, 4) is 0 Å². The maximum Gasteiger partial charge on any atom is 0.229 e. The normalized spacial score (nSPS) is 19.6. The van der Waals surface area contributed by atoms with Gasteiger partial charge >= 0.3 is 0 Å². The Morgan fingerprint density at radius 3 is 3.05 bits per heavy atom. The second-order valence-electron chi connectivity index (χ2n) is 4.95. The molecular formula is C15H22N2OS. The first kappa shape index (κ1) is 14.4. The van der Waals surface area contributed by atoms with Gasteiger partial charge in [-0.15, -0.1) is 0 Å². The molecule has 1 aromatic carbocycles. The van der Waals surface area contributed by atoms with Crippen LogP contribution in [0.15, 0.2) is 24.3 Å². The molecule has 2 atom stereocenters. The van der Waals surface area contributed by atoms with Crippen LogP contribution in [0.4, 0.5) is 0 Å². The fourth-order valence-corrected chi connectivity index (χ4v) is 3.22. The van der Waals surface area contributed by atoms with Gasteiger partial charge in [0.05, 0.1) is 5.92 Å². The van der Waals surface area contributed by atoms with Crippen LogP contribution in [-0.4, -0.2) is 30.5 Å². The summed E-state index contributed by atoms with van der Waals surface area (Å²) in [5.74, 6) is 1.07. The largest absolute Gasteiger partial charge is 0.352 e. The molecule has 0 aromatic heterocycles. The fraction of sp³-hybridized carbons (Fsp3) is 0.533. The predicted molar refractivity (Wildman–Crippen MR) is 81.5 cm³/mol. The van der Waals surface area contributed by atoms with E-state index in [0.717, 1.165) is 25.3 Å². The second-order valence-corrected chi connectivity index (χ2v) is 5.86. The molecule has 1 amide bonds. The molecule has 2 N–H and O–H groups in total. The van der Waals surface area contributed by atoms with E-state index < -0.39 is 0 Å². The minimum absolute atomic E-state index is 0.0548. The third-order valence-corrected chi connectivity index (χ3v) is 4.35. The number of rotatable bonds is 5. The number of nitrogens with one attached hydrogen (secondary N) is 2. The molecule has 0 bridgehead atoms. The molecule has 1 aliphatic rings. The lowest BCUT2D eigenvalue weighted by Gasteiger charge is -2.27. The van der Waals surface area contributed by atoms with Crippen molar-refractivity contribution >= 4 is 17.7 Å². The van der Waals surface area contributed by atoms with Gasteiger partial charge in [0.25, 0.3) is 0 Å². The predicted octanol–water partition coefficient (Wildman–Crippen LogP) is 2.13. The van der Waals surface area contributed by atoms with Crippen molar-refractivity contribution in [2.75, 3.05) is 18.6 Å². The minimum atomic E-state index is -0.0548. The average molecular weight is 278 g/mol. The highest BCUT2D eigenvalue weighted by molar-refractivity contribution is 7.98. The summed E-state index contributed by atoms with van der Waals surface area (Å²) in [5, 5.41) is 6.51. The number of benzene rings is 1. The van der Waals surface area contributed by atoms with Crippen LogP contribution >= 0.6 is 11.8 Å². The van der Waals surface area contributed by atoms with Gasteiger partial charge in [-0.05, 0) is 23.8 Å². The molecule has 1 aromatic rings. The summed E-state index contributed by atoms with van der Waals surface area (Å²) in [7, 11) is 0. The summed E-state index contributed by atoms with van der Waals surface area (Å²) >= 11 is 1.78. The summed E-state index contributed by atoms with van der Waals surface area (Å²) in [4.78, 5) is 12.4. The van der Waals surface area contributed by atoms with Crippen LogP contribution in [0.2, 0.25) is 0 Å². The van der Waals surface area contributed by atoms with Crippen molar-refractivity contribution in [3.63, 3.8) is 0 Å². The minimum Gasteiger partial charge on any atom is -0.352 e. The number of amides is 1. The zero-order chi connectivity index (χ0) is 13.7. The van der Waals surface area contributed by atoms with Crippen molar-refractivity contribution < 1.29 is 4.79 Å². The SMILES string of the molecule is CCC(CSC)NC(=O)C1CNCc2ccccc21. The monoisotopic (exact) mass is 278 g/mol. The first-order valence-corrected chi connectivity index (χ1v) is 8.23. The van der Waals surface area contributed by atoms with E-state index in [-0.39, 0.29) is 17.9 Å². The van der Waals surface area contributed by atoms with Gasteiger partial charge in [0.15, 0.2) is 0 Å². The van der Waals surface area contributed by atoms with E-state index in [2.05, 4.69) is 35.9 Å². The molecule has 0 spiro atoms. The lowest BCUT2D eigenvalue weighted by molar-refractivity contribution is -0.123. The molecular weight excluding hydrogens is 256 g/mol. The quantitative estimate of drug-likeness (QED) is 0.867. The first-order chi connectivity index (χ1) is 9.26. The van der Waals surface area contributed by atoms with Gasteiger partial charge in [-0.1, -0.05) is 31.2 Å². The number of thioether (sulfide) groups is 1. The van der Waals surface area contributed by atoms with Crippen LogP contribution in [0.3, 0.4) is 0 Å². The van der Waals surface area contributed by atoms with E-state index in [1.807, 2.05) is 12.1 Å². The molecule has 0 saturated heterocycles. The molecule has 19 heavy (non-hydrogen) atoms. The van der Waals surface area contributed by atoms with Crippen molar-refractivity contribution in [2.24, 2.45) is 0 Å². The van der Waals surface area contributed by atoms with E-state index in [1.54, 1.807) is 11.8 Å². The summed E-state index contributed by atoms with van der Waals surface area (Å²) < 4.78 is 0. The average Bonchev–Trinajstić information content (AvgIpc) is 2.46. The fourth-order valence-electron chi connectivity index (χ4n) is 2.49. The van der Waals surface area contributed by atoms with Gasteiger partial charge < -0.3 is 10.6 Å². The zero-order valence-electron chi connectivity index (χ0n) is 11.6. The Bertz CT molecular complexity index is 436. The highest BCUT2D eigenvalue weighted by atomic mass is 32.2. The van der Waals surface area contributed by atoms with Crippen LogP contribution in [0.1, 0.15) is 30.4 Å². The third-order valence-electron chi connectivity index (χ3n) is 3.62. The van der Waals surface area contributed by atoms with Gasteiger partial charge in [-0.25, -0.2) is 0 Å².